The lowest BCUT2D eigenvalue weighted by Crippen LogP contribution is -1.84. The topological polar surface area (TPSA) is 57.4 Å². The number of hydrogen-bond donors (Lipinski definition) is 2. The molecule has 0 amide bonds. The van der Waals surface area contributed by atoms with Crippen molar-refractivity contribution < 1.29 is 0 Å². The van der Waals surface area contributed by atoms with Gasteiger partial charge in [-0.1, -0.05) is 13.8 Å². The van der Waals surface area contributed by atoms with Crippen LogP contribution in [-0.2, 0) is 6.42 Å². The van der Waals surface area contributed by atoms with Crippen molar-refractivity contribution >= 4 is 44.4 Å². The number of allylic oxidation sites excluding steroid dienone is 4. The van der Waals surface area contributed by atoms with Crippen LogP contribution in [0.4, 0.5) is 0 Å². The lowest BCUT2D eigenvalue weighted by molar-refractivity contribution is 1.14. The largest absolute Gasteiger partial charge is 0.355 e. The van der Waals surface area contributed by atoms with Gasteiger partial charge in [-0.15, -0.1) is 0 Å². The third-order valence-corrected chi connectivity index (χ3v) is 7.88. The standard InChI is InChI=1S/C30H34N4/c1-9-21-19(7)27-11-23-16(4)18(6)26(32-23)14-30-22(10-2)20(8)28(34-30)12-24-15(3)17(5)25(31-24)13-29(21)33-27/h11-14,31,33H,9-10H2,1-8H3. The molecule has 5 heterocycles. The Hall–Kier alpha value is -3.40. The molecule has 34 heavy (non-hydrogen) atoms. The molecule has 4 nitrogen and oxygen atoms in total. The van der Waals surface area contributed by atoms with E-state index in [1.54, 1.807) is 0 Å². The van der Waals surface area contributed by atoms with Gasteiger partial charge in [-0.25, -0.2) is 9.97 Å². The van der Waals surface area contributed by atoms with E-state index in [0.717, 1.165) is 52.2 Å². The quantitative estimate of drug-likeness (QED) is 0.414. The molecule has 0 unspecified atom stereocenters. The minimum atomic E-state index is 0.946. The van der Waals surface area contributed by atoms with Crippen molar-refractivity contribution in [3.8, 4) is 0 Å². The zero-order valence-corrected chi connectivity index (χ0v) is 21.6. The molecular weight excluding hydrogens is 416 g/mol. The van der Waals surface area contributed by atoms with E-state index < -0.39 is 0 Å². The van der Waals surface area contributed by atoms with Gasteiger partial charge < -0.3 is 9.97 Å². The fourth-order valence-corrected chi connectivity index (χ4v) is 5.27. The van der Waals surface area contributed by atoms with Gasteiger partial charge >= 0.3 is 0 Å². The second-order valence-corrected chi connectivity index (χ2v) is 9.66. The summed E-state index contributed by atoms with van der Waals surface area (Å²) in [6.07, 6.45) is 1.92. The molecule has 3 aromatic heterocycles. The fourth-order valence-electron chi connectivity index (χ4n) is 5.27. The molecule has 8 bridgehead atoms. The molecule has 0 fully saturated rings. The first-order chi connectivity index (χ1) is 16.2. The normalized spacial score (nSPS) is 13.9. The summed E-state index contributed by atoms with van der Waals surface area (Å²) < 4.78 is 0. The van der Waals surface area contributed by atoms with Crippen molar-refractivity contribution in [1.82, 2.24) is 19.9 Å². The molecule has 4 heteroatoms. The van der Waals surface area contributed by atoms with Gasteiger partial charge in [-0.3, -0.25) is 0 Å². The number of aryl methyl sites for hydroxylation is 4. The number of aromatic nitrogens is 4. The van der Waals surface area contributed by atoms with Gasteiger partial charge in [0.1, 0.15) is 0 Å². The Balaban J connectivity index is 1.99. The second kappa shape index (κ2) is 8.12. The first-order valence-electron chi connectivity index (χ1n) is 12.3. The predicted octanol–water partition coefficient (Wildman–Crippen LogP) is 8.09. The number of H-pyrrole nitrogens is 2. The number of hydrogen-bond acceptors (Lipinski definition) is 2. The molecule has 174 valence electrons. The summed E-state index contributed by atoms with van der Waals surface area (Å²) in [6, 6.07) is 8.85. The van der Waals surface area contributed by atoms with Crippen molar-refractivity contribution in [1.29, 1.82) is 0 Å². The van der Waals surface area contributed by atoms with Gasteiger partial charge in [0.25, 0.3) is 0 Å². The van der Waals surface area contributed by atoms with Crippen LogP contribution in [0.15, 0.2) is 24.3 Å². The summed E-state index contributed by atoms with van der Waals surface area (Å²) in [5, 5.41) is 0. The highest BCUT2D eigenvalue weighted by molar-refractivity contribution is 5.95. The Morgan fingerprint density at radius 1 is 0.529 bits per heavy atom. The first kappa shape index (κ1) is 22.4. The van der Waals surface area contributed by atoms with Crippen LogP contribution in [0.5, 0.6) is 0 Å². The van der Waals surface area contributed by atoms with E-state index in [4.69, 9.17) is 9.97 Å². The second-order valence-electron chi connectivity index (χ2n) is 9.66. The molecule has 0 spiro atoms. The zero-order valence-electron chi connectivity index (χ0n) is 21.6. The van der Waals surface area contributed by atoms with E-state index in [2.05, 4.69) is 89.6 Å². The van der Waals surface area contributed by atoms with Crippen molar-refractivity contribution in [2.45, 2.75) is 68.2 Å². The molecule has 2 N–H and O–H groups in total. The van der Waals surface area contributed by atoms with E-state index in [9.17, 15) is 0 Å². The molecule has 0 atom stereocenters. The number of rotatable bonds is 2. The van der Waals surface area contributed by atoms with Gasteiger partial charge in [0, 0.05) is 22.1 Å². The Bertz CT molecular complexity index is 1570. The van der Waals surface area contributed by atoms with Gasteiger partial charge in [0.15, 0.2) is 0 Å². The minimum absolute atomic E-state index is 0.946. The van der Waals surface area contributed by atoms with Crippen molar-refractivity contribution in [2.75, 3.05) is 0 Å². The van der Waals surface area contributed by atoms with Gasteiger partial charge in [0.05, 0.1) is 22.8 Å². The Morgan fingerprint density at radius 3 is 1.65 bits per heavy atom. The SMILES string of the molecule is CCC1=C(C)c2cc3[nH]c(cc4[nH]c(cc5nc(cc1n2)C(C)=C5C)c(C)c4CC)c(C)c3C. The van der Waals surface area contributed by atoms with Crippen LogP contribution in [0.3, 0.4) is 0 Å². The summed E-state index contributed by atoms with van der Waals surface area (Å²) in [5.74, 6) is 0. The summed E-state index contributed by atoms with van der Waals surface area (Å²) in [6.45, 7) is 17.5. The van der Waals surface area contributed by atoms with Gasteiger partial charge in [-0.2, -0.15) is 0 Å². The predicted molar refractivity (Wildman–Crippen MR) is 146 cm³/mol. The van der Waals surface area contributed by atoms with E-state index >= 15 is 0 Å². The number of fused-ring (bicyclic) bond motifs is 8. The van der Waals surface area contributed by atoms with E-state index in [0.29, 0.717) is 0 Å². The molecule has 2 aliphatic rings. The Labute approximate surface area is 201 Å². The molecule has 2 aliphatic heterocycles. The maximum atomic E-state index is 5.07. The molecule has 0 aromatic carbocycles. The maximum absolute atomic E-state index is 5.07. The molecule has 0 saturated heterocycles. The average molecular weight is 451 g/mol. The number of nitrogens with zero attached hydrogens (tertiary/aromatic N) is 2. The third kappa shape index (κ3) is 3.35. The van der Waals surface area contributed by atoms with Crippen molar-refractivity contribution in [3.05, 3.63) is 69.3 Å². The zero-order chi connectivity index (χ0) is 24.3. The lowest BCUT2D eigenvalue weighted by atomic mass is 10.0. The van der Waals surface area contributed by atoms with Crippen LogP contribution in [0.25, 0.3) is 44.4 Å². The van der Waals surface area contributed by atoms with Crippen LogP contribution < -0.4 is 0 Å². The summed E-state index contributed by atoms with van der Waals surface area (Å²) in [5.41, 5.74) is 18.8. The molecule has 0 saturated carbocycles. The summed E-state index contributed by atoms with van der Waals surface area (Å²) in [4.78, 5) is 17.5. The molecule has 3 aromatic rings. The molecule has 5 rings (SSSR count). The van der Waals surface area contributed by atoms with Crippen molar-refractivity contribution in [3.63, 3.8) is 0 Å². The Kier molecular flexibility index (Phi) is 5.35. The molecule has 0 radical (unpaired) electrons. The van der Waals surface area contributed by atoms with Crippen LogP contribution in [0.2, 0.25) is 0 Å². The van der Waals surface area contributed by atoms with Crippen LogP contribution >= 0.6 is 0 Å². The van der Waals surface area contributed by atoms with E-state index in [-0.39, 0.29) is 0 Å². The van der Waals surface area contributed by atoms with Gasteiger partial charge in [-0.05, 0) is 123 Å². The minimum Gasteiger partial charge on any atom is -0.355 e. The average Bonchev–Trinajstić information content (AvgIpc) is 3.45. The highest BCUT2D eigenvalue weighted by Gasteiger charge is 2.19. The van der Waals surface area contributed by atoms with Crippen LogP contribution in [-0.4, -0.2) is 19.9 Å². The van der Waals surface area contributed by atoms with Crippen molar-refractivity contribution in [2.24, 2.45) is 0 Å². The fraction of sp³-hybridized carbons (Fsp3) is 0.333. The summed E-state index contributed by atoms with van der Waals surface area (Å²) in [7, 11) is 0. The third-order valence-electron chi connectivity index (χ3n) is 7.88. The number of nitrogens with one attached hydrogen (secondary N) is 2. The molecule has 0 aliphatic carbocycles. The Morgan fingerprint density at radius 2 is 1.03 bits per heavy atom. The van der Waals surface area contributed by atoms with E-state index in [1.807, 2.05) is 0 Å². The monoisotopic (exact) mass is 450 g/mol. The summed E-state index contributed by atoms with van der Waals surface area (Å²) >= 11 is 0. The van der Waals surface area contributed by atoms with Crippen LogP contribution in [0, 0.1) is 20.8 Å². The van der Waals surface area contributed by atoms with E-state index in [1.165, 1.54) is 50.1 Å². The smallest absolute Gasteiger partial charge is 0.0693 e. The van der Waals surface area contributed by atoms with Crippen LogP contribution in [0.1, 0.15) is 86.1 Å². The molecular formula is C30H34N4. The first-order valence-corrected chi connectivity index (χ1v) is 12.3. The van der Waals surface area contributed by atoms with Gasteiger partial charge in [0.2, 0.25) is 0 Å². The highest BCUT2D eigenvalue weighted by Crippen LogP contribution is 2.35. The number of aromatic amines is 2. The lowest BCUT2D eigenvalue weighted by Gasteiger charge is -2.00. The highest BCUT2D eigenvalue weighted by atomic mass is 14.8. The maximum Gasteiger partial charge on any atom is 0.0693 e.